The van der Waals surface area contributed by atoms with Gasteiger partial charge in [0, 0.05) is 6.04 Å². The Morgan fingerprint density at radius 1 is 1.21 bits per heavy atom. The minimum absolute atomic E-state index is 0.808. The standard InChI is InChI=1S/C13H25N/c1-3-5-6-11-14-13-9-7-12(4-2)8-10-13/h3,5,12-14H,4,6-11H2,1-2H3/b5-3+. The molecule has 0 spiro atoms. The molecule has 1 aliphatic carbocycles. The van der Waals surface area contributed by atoms with Crippen LogP contribution in [0.15, 0.2) is 12.2 Å². The maximum absolute atomic E-state index is 3.65. The number of rotatable bonds is 5. The van der Waals surface area contributed by atoms with E-state index in [-0.39, 0.29) is 0 Å². The smallest absolute Gasteiger partial charge is 0.00673 e. The van der Waals surface area contributed by atoms with Crippen molar-refractivity contribution < 1.29 is 0 Å². The van der Waals surface area contributed by atoms with E-state index in [2.05, 4.69) is 31.3 Å². The van der Waals surface area contributed by atoms with E-state index in [9.17, 15) is 0 Å². The number of nitrogens with one attached hydrogen (secondary N) is 1. The fourth-order valence-corrected chi connectivity index (χ4v) is 2.31. The maximum Gasteiger partial charge on any atom is 0.00673 e. The van der Waals surface area contributed by atoms with Crippen molar-refractivity contribution in [2.24, 2.45) is 5.92 Å². The van der Waals surface area contributed by atoms with Crippen molar-refractivity contribution in [2.45, 2.75) is 58.4 Å². The number of hydrogen-bond donors (Lipinski definition) is 1. The second-order valence-electron chi connectivity index (χ2n) is 4.44. The molecule has 0 bridgehead atoms. The molecule has 0 atom stereocenters. The lowest BCUT2D eigenvalue weighted by atomic mass is 9.84. The normalized spacial score (nSPS) is 28.4. The Kier molecular flexibility index (Phi) is 5.93. The zero-order valence-corrected chi connectivity index (χ0v) is 9.76. The molecule has 1 fully saturated rings. The number of allylic oxidation sites excluding steroid dienone is 1. The maximum atomic E-state index is 3.65. The lowest BCUT2D eigenvalue weighted by Crippen LogP contribution is -2.33. The lowest BCUT2D eigenvalue weighted by molar-refractivity contribution is 0.287. The molecule has 1 aliphatic rings. The van der Waals surface area contributed by atoms with Gasteiger partial charge in [0.2, 0.25) is 0 Å². The highest BCUT2D eigenvalue weighted by Crippen LogP contribution is 2.26. The van der Waals surface area contributed by atoms with Gasteiger partial charge in [0.05, 0.1) is 0 Å². The van der Waals surface area contributed by atoms with Crippen molar-refractivity contribution in [1.29, 1.82) is 0 Å². The highest BCUT2D eigenvalue weighted by atomic mass is 14.9. The molecular weight excluding hydrogens is 170 g/mol. The van der Waals surface area contributed by atoms with Crippen LogP contribution in [0.2, 0.25) is 0 Å². The molecule has 1 N–H and O–H groups in total. The van der Waals surface area contributed by atoms with Gasteiger partial charge in [-0.25, -0.2) is 0 Å². The molecule has 1 nitrogen and oxygen atoms in total. The second-order valence-corrected chi connectivity index (χ2v) is 4.44. The van der Waals surface area contributed by atoms with Gasteiger partial charge in [0.25, 0.3) is 0 Å². The van der Waals surface area contributed by atoms with E-state index in [4.69, 9.17) is 0 Å². The summed E-state index contributed by atoms with van der Waals surface area (Å²) in [6.45, 7) is 5.57. The van der Waals surface area contributed by atoms with Gasteiger partial charge in [0.15, 0.2) is 0 Å². The van der Waals surface area contributed by atoms with Crippen molar-refractivity contribution in [2.75, 3.05) is 6.54 Å². The molecule has 0 aromatic rings. The predicted octanol–water partition coefficient (Wildman–Crippen LogP) is 3.51. The van der Waals surface area contributed by atoms with Crippen LogP contribution in [0, 0.1) is 5.92 Å². The Hall–Kier alpha value is -0.300. The van der Waals surface area contributed by atoms with Crippen LogP contribution in [0.5, 0.6) is 0 Å². The fourth-order valence-electron chi connectivity index (χ4n) is 2.31. The molecule has 0 unspecified atom stereocenters. The molecule has 0 aromatic carbocycles. The molecule has 0 radical (unpaired) electrons. The van der Waals surface area contributed by atoms with Crippen LogP contribution in [-0.4, -0.2) is 12.6 Å². The average molecular weight is 195 g/mol. The van der Waals surface area contributed by atoms with Gasteiger partial charge in [-0.05, 0) is 51.5 Å². The predicted molar refractivity (Wildman–Crippen MR) is 63.5 cm³/mol. The minimum atomic E-state index is 0.808. The highest BCUT2D eigenvalue weighted by molar-refractivity contribution is 4.80. The van der Waals surface area contributed by atoms with Crippen molar-refractivity contribution >= 4 is 0 Å². The molecule has 0 aromatic heterocycles. The van der Waals surface area contributed by atoms with Crippen molar-refractivity contribution in [1.82, 2.24) is 5.32 Å². The summed E-state index contributed by atoms with van der Waals surface area (Å²) in [7, 11) is 0. The first-order valence-electron chi connectivity index (χ1n) is 6.21. The van der Waals surface area contributed by atoms with Gasteiger partial charge >= 0.3 is 0 Å². The molecule has 1 rings (SSSR count). The van der Waals surface area contributed by atoms with E-state index in [0.29, 0.717) is 0 Å². The lowest BCUT2D eigenvalue weighted by Gasteiger charge is -2.28. The summed E-state index contributed by atoms with van der Waals surface area (Å²) in [5.41, 5.74) is 0. The van der Waals surface area contributed by atoms with Gasteiger partial charge < -0.3 is 5.32 Å². The Morgan fingerprint density at radius 3 is 2.50 bits per heavy atom. The molecule has 14 heavy (non-hydrogen) atoms. The van der Waals surface area contributed by atoms with Crippen LogP contribution in [0.25, 0.3) is 0 Å². The van der Waals surface area contributed by atoms with Crippen LogP contribution in [0.1, 0.15) is 52.4 Å². The molecule has 1 heteroatoms. The largest absolute Gasteiger partial charge is 0.314 e. The van der Waals surface area contributed by atoms with Crippen molar-refractivity contribution in [3.8, 4) is 0 Å². The summed E-state index contributed by atoms with van der Waals surface area (Å²) < 4.78 is 0. The van der Waals surface area contributed by atoms with Crippen LogP contribution in [0.3, 0.4) is 0 Å². The first-order valence-corrected chi connectivity index (χ1v) is 6.21. The monoisotopic (exact) mass is 195 g/mol. The molecule has 0 aliphatic heterocycles. The SMILES string of the molecule is C/C=C/CCNC1CCC(CC)CC1. The molecule has 0 amide bonds. The summed E-state index contributed by atoms with van der Waals surface area (Å²) >= 11 is 0. The third-order valence-corrected chi connectivity index (χ3v) is 3.40. The van der Waals surface area contributed by atoms with Gasteiger partial charge in [0.1, 0.15) is 0 Å². The molecule has 0 saturated heterocycles. The van der Waals surface area contributed by atoms with Gasteiger partial charge in [-0.3, -0.25) is 0 Å². The third-order valence-electron chi connectivity index (χ3n) is 3.40. The highest BCUT2D eigenvalue weighted by Gasteiger charge is 2.18. The van der Waals surface area contributed by atoms with E-state index in [1.165, 1.54) is 38.5 Å². The Morgan fingerprint density at radius 2 is 1.93 bits per heavy atom. The van der Waals surface area contributed by atoms with Crippen molar-refractivity contribution in [3.63, 3.8) is 0 Å². The van der Waals surface area contributed by atoms with Gasteiger partial charge in [-0.15, -0.1) is 0 Å². The zero-order chi connectivity index (χ0) is 10.2. The van der Waals surface area contributed by atoms with E-state index in [1.54, 1.807) is 0 Å². The average Bonchev–Trinajstić information content (AvgIpc) is 2.25. The van der Waals surface area contributed by atoms with Crippen LogP contribution in [0.4, 0.5) is 0 Å². The first kappa shape index (κ1) is 11.8. The minimum Gasteiger partial charge on any atom is -0.314 e. The second kappa shape index (κ2) is 7.05. The molecular formula is C13H25N. The van der Waals surface area contributed by atoms with E-state index in [1.807, 2.05) is 0 Å². The first-order chi connectivity index (χ1) is 6.86. The summed E-state index contributed by atoms with van der Waals surface area (Å²) in [4.78, 5) is 0. The summed E-state index contributed by atoms with van der Waals surface area (Å²) in [5.74, 6) is 1.02. The third kappa shape index (κ3) is 4.28. The van der Waals surface area contributed by atoms with Crippen LogP contribution >= 0.6 is 0 Å². The zero-order valence-electron chi connectivity index (χ0n) is 9.76. The summed E-state index contributed by atoms with van der Waals surface area (Å²) in [5, 5.41) is 3.65. The van der Waals surface area contributed by atoms with E-state index >= 15 is 0 Å². The van der Waals surface area contributed by atoms with E-state index < -0.39 is 0 Å². The van der Waals surface area contributed by atoms with Crippen LogP contribution < -0.4 is 5.32 Å². The van der Waals surface area contributed by atoms with Crippen LogP contribution in [-0.2, 0) is 0 Å². The van der Waals surface area contributed by atoms with Gasteiger partial charge in [-0.1, -0.05) is 25.5 Å². The van der Waals surface area contributed by atoms with Gasteiger partial charge in [-0.2, -0.15) is 0 Å². The van der Waals surface area contributed by atoms with E-state index in [0.717, 1.165) is 18.5 Å². The molecule has 0 heterocycles. The quantitative estimate of drug-likeness (QED) is 0.523. The molecule has 1 saturated carbocycles. The number of hydrogen-bond acceptors (Lipinski definition) is 1. The topological polar surface area (TPSA) is 12.0 Å². The Bertz CT molecular complexity index is 155. The molecule has 82 valence electrons. The Balaban J connectivity index is 2.04. The summed E-state index contributed by atoms with van der Waals surface area (Å²) in [6.07, 6.45) is 12.6. The summed E-state index contributed by atoms with van der Waals surface area (Å²) in [6, 6.07) is 0.808. The fraction of sp³-hybridized carbons (Fsp3) is 0.846. The van der Waals surface area contributed by atoms with Crippen molar-refractivity contribution in [3.05, 3.63) is 12.2 Å². The Labute approximate surface area is 89.0 Å².